The van der Waals surface area contributed by atoms with Crippen LogP contribution in [0.1, 0.15) is 18.5 Å². The Hall–Kier alpha value is -0.480. The van der Waals surface area contributed by atoms with Crippen molar-refractivity contribution in [3.05, 3.63) is 27.1 Å². The molecule has 1 aliphatic rings. The number of aromatic amines is 1. The molecule has 1 aromatic heterocycles. The fraction of sp³-hybridized carbons (Fsp3) is 0.556. The van der Waals surface area contributed by atoms with E-state index in [1.165, 1.54) is 18.6 Å². The average Bonchev–Trinajstić information content (AvgIpc) is 2.64. The van der Waals surface area contributed by atoms with Crippen molar-refractivity contribution in [2.75, 3.05) is 5.75 Å². The molecule has 1 aromatic rings. The first-order valence-electron chi connectivity index (χ1n) is 4.61. The molecule has 1 atom stereocenters. The van der Waals surface area contributed by atoms with Crippen LogP contribution in [0.4, 0.5) is 0 Å². The number of nitrogens with one attached hydrogen (secondary N) is 1. The molecule has 0 aromatic carbocycles. The van der Waals surface area contributed by atoms with Gasteiger partial charge in [0.2, 0.25) is 0 Å². The maximum Gasteiger partial charge on any atom is 0.282 e. The molecule has 0 aliphatic carbocycles. The number of hydrogen-bond acceptors (Lipinski definition) is 3. The lowest BCUT2D eigenvalue weighted by Gasteiger charge is -2.06. The van der Waals surface area contributed by atoms with Crippen molar-refractivity contribution in [2.24, 2.45) is 0 Å². The molecule has 0 bridgehead atoms. The average molecular weight is 231 g/mol. The van der Waals surface area contributed by atoms with Gasteiger partial charge in [-0.1, -0.05) is 11.6 Å². The van der Waals surface area contributed by atoms with E-state index in [0.29, 0.717) is 5.25 Å². The molecule has 0 spiro atoms. The normalized spacial score (nSPS) is 21.4. The van der Waals surface area contributed by atoms with E-state index in [-0.39, 0.29) is 10.6 Å². The van der Waals surface area contributed by atoms with E-state index >= 15 is 0 Å². The van der Waals surface area contributed by atoms with Gasteiger partial charge in [-0.2, -0.15) is 16.9 Å². The Kier molecular flexibility index (Phi) is 3.13. The smallest absolute Gasteiger partial charge is 0.266 e. The zero-order chi connectivity index (χ0) is 9.97. The molecule has 1 unspecified atom stereocenters. The first-order valence-corrected chi connectivity index (χ1v) is 6.04. The van der Waals surface area contributed by atoms with E-state index in [1.807, 2.05) is 11.8 Å². The Labute approximate surface area is 91.2 Å². The van der Waals surface area contributed by atoms with Crippen LogP contribution in [-0.4, -0.2) is 21.2 Å². The van der Waals surface area contributed by atoms with Crippen molar-refractivity contribution < 1.29 is 0 Å². The lowest BCUT2D eigenvalue weighted by Crippen LogP contribution is -2.12. The number of nitrogens with zero attached hydrogens (tertiary/aromatic N) is 1. The van der Waals surface area contributed by atoms with Crippen LogP contribution >= 0.6 is 23.4 Å². The van der Waals surface area contributed by atoms with Crippen LogP contribution in [0.25, 0.3) is 0 Å². The summed E-state index contributed by atoms with van der Waals surface area (Å²) in [7, 11) is 0. The second-order valence-corrected chi connectivity index (χ2v) is 5.19. The van der Waals surface area contributed by atoms with Crippen LogP contribution in [0.15, 0.2) is 10.9 Å². The summed E-state index contributed by atoms with van der Waals surface area (Å²) in [6, 6.07) is 1.67. The Bertz CT molecular complexity index is 373. The van der Waals surface area contributed by atoms with Gasteiger partial charge < -0.3 is 0 Å². The Morgan fingerprint density at radius 3 is 3.21 bits per heavy atom. The monoisotopic (exact) mass is 230 g/mol. The summed E-state index contributed by atoms with van der Waals surface area (Å²) in [4.78, 5) is 11.0. The van der Waals surface area contributed by atoms with Gasteiger partial charge in [0.15, 0.2) is 0 Å². The summed E-state index contributed by atoms with van der Waals surface area (Å²) in [5.74, 6) is 1.24. The number of thioether (sulfide) groups is 1. The summed E-state index contributed by atoms with van der Waals surface area (Å²) >= 11 is 7.68. The maximum absolute atomic E-state index is 11.0. The van der Waals surface area contributed by atoms with Crippen molar-refractivity contribution >= 4 is 23.4 Å². The van der Waals surface area contributed by atoms with Gasteiger partial charge in [-0.25, -0.2) is 5.10 Å². The fourth-order valence-corrected chi connectivity index (χ4v) is 3.02. The van der Waals surface area contributed by atoms with E-state index < -0.39 is 0 Å². The molecule has 2 rings (SSSR count). The minimum Gasteiger partial charge on any atom is -0.266 e. The molecule has 5 heteroatoms. The van der Waals surface area contributed by atoms with Gasteiger partial charge in [0.05, 0.1) is 5.69 Å². The van der Waals surface area contributed by atoms with Gasteiger partial charge in [-0.15, -0.1) is 0 Å². The third-order valence-electron chi connectivity index (χ3n) is 2.27. The van der Waals surface area contributed by atoms with Gasteiger partial charge in [0, 0.05) is 11.7 Å². The second kappa shape index (κ2) is 4.36. The molecule has 0 amide bonds. The molecule has 1 saturated heterocycles. The number of H-pyrrole nitrogens is 1. The second-order valence-electron chi connectivity index (χ2n) is 3.38. The molecule has 14 heavy (non-hydrogen) atoms. The van der Waals surface area contributed by atoms with Crippen LogP contribution in [0.3, 0.4) is 0 Å². The van der Waals surface area contributed by atoms with Crippen molar-refractivity contribution in [2.45, 2.75) is 24.5 Å². The van der Waals surface area contributed by atoms with Crippen molar-refractivity contribution in [3.63, 3.8) is 0 Å². The van der Waals surface area contributed by atoms with Crippen molar-refractivity contribution in [1.29, 1.82) is 0 Å². The third-order valence-corrected chi connectivity index (χ3v) is 3.95. The Morgan fingerprint density at radius 1 is 1.71 bits per heavy atom. The molecule has 0 radical (unpaired) electrons. The number of aromatic nitrogens is 2. The first kappa shape index (κ1) is 10.1. The quantitative estimate of drug-likeness (QED) is 0.844. The summed E-state index contributed by atoms with van der Waals surface area (Å²) in [5.41, 5.74) is 0.573. The zero-order valence-electron chi connectivity index (χ0n) is 7.62. The van der Waals surface area contributed by atoms with E-state index in [1.54, 1.807) is 6.07 Å². The topological polar surface area (TPSA) is 45.8 Å². The molecule has 76 valence electrons. The van der Waals surface area contributed by atoms with Crippen molar-refractivity contribution in [3.8, 4) is 0 Å². The van der Waals surface area contributed by atoms with E-state index in [0.717, 1.165) is 12.1 Å². The van der Waals surface area contributed by atoms with Crippen LogP contribution in [-0.2, 0) is 6.42 Å². The molecule has 2 heterocycles. The number of hydrogen-bond donors (Lipinski definition) is 1. The fourth-order valence-electron chi connectivity index (χ4n) is 1.56. The summed E-state index contributed by atoms with van der Waals surface area (Å²) in [6.07, 6.45) is 3.43. The Morgan fingerprint density at radius 2 is 2.57 bits per heavy atom. The molecule has 3 nitrogen and oxygen atoms in total. The Balaban J connectivity index is 2.09. The van der Waals surface area contributed by atoms with Gasteiger partial charge in [-0.05, 0) is 24.7 Å². The predicted octanol–water partition coefficient (Wildman–Crippen LogP) is 1.86. The van der Waals surface area contributed by atoms with Crippen LogP contribution in [0, 0.1) is 0 Å². The summed E-state index contributed by atoms with van der Waals surface area (Å²) in [5, 5.41) is 7.24. The number of halogens is 1. The highest BCUT2D eigenvalue weighted by Crippen LogP contribution is 2.28. The van der Waals surface area contributed by atoms with Gasteiger partial charge >= 0.3 is 0 Å². The summed E-state index contributed by atoms with van der Waals surface area (Å²) < 4.78 is 0. The SMILES string of the molecule is O=c1[nH]nc(CC2CCCS2)cc1Cl. The highest BCUT2D eigenvalue weighted by molar-refractivity contribution is 8.00. The van der Waals surface area contributed by atoms with E-state index in [9.17, 15) is 4.79 Å². The van der Waals surface area contributed by atoms with Gasteiger partial charge in [0.25, 0.3) is 5.56 Å². The van der Waals surface area contributed by atoms with Crippen molar-refractivity contribution in [1.82, 2.24) is 10.2 Å². The number of rotatable bonds is 2. The molecular weight excluding hydrogens is 220 g/mol. The third kappa shape index (κ3) is 2.30. The molecule has 0 saturated carbocycles. The lowest BCUT2D eigenvalue weighted by atomic mass is 10.1. The van der Waals surface area contributed by atoms with Gasteiger partial charge in [-0.3, -0.25) is 4.79 Å². The van der Waals surface area contributed by atoms with Crippen LogP contribution < -0.4 is 5.56 Å². The first-order chi connectivity index (χ1) is 6.75. The zero-order valence-corrected chi connectivity index (χ0v) is 9.20. The highest BCUT2D eigenvalue weighted by Gasteiger charge is 2.16. The molecule has 1 N–H and O–H groups in total. The van der Waals surface area contributed by atoms with E-state index in [4.69, 9.17) is 11.6 Å². The minimum atomic E-state index is -0.311. The molecular formula is C9H11ClN2OS. The minimum absolute atomic E-state index is 0.234. The van der Waals surface area contributed by atoms with Crippen LogP contribution in [0.5, 0.6) is 0 Å². The lowest BCUT2D eigenvalue weighted by molar-refractivity contribution is 0.748. The summed E-state index contributed by atoms with van der Waals surface area (Å²) in [6.45, 7) is 0. The molecule has 1 fully saturated rings. The molecule has 1 aliphatic heterocycles. The largest absolute Gasteiger partial charge is 0.282 e. The highest BCUT2D eigenvalue weighted by atomic mass is 35.5. The van der Waals surface area contributed by atoms with Crippen LogP contribution in [0.2, 0.25) is 5.02 Å². The van der Waals surface area contributed by atoms with Gasteiger partial charge in [0.1, 0.15) is 5.02 Å². The standard InChI is InChI=1S/C9H11ClN2OS/c10-8-5-6(11-12-9(8)13)4-7-2-1-3-14-7/h5,7H,1-4H2,(H,12,13). The maximum atomic E-state index is 11.0. The van der Waals surface area contributed by atoms with E-state index in [2.05, 4.69) is 10.2 Å². The predicted molar refractivity (Wildman–Crippen MR) is 59.1 cm³/mol.